The van der Waals surface area contributed by atoms with Gasteiger partial charge >= 0.3 is 0 Å². The van der Waals surface area contributed by atoms with Crippen LogP contribution < -0.4 is 19.5 Å². The number of aromatic hydroxyl groups is 2. The van der Waals surface area contributed by atoms with E-state index >= 15 is 0 Å². The summed E-state index contributed by atoms with van der Waals surface area (Å²) < 4.78 is 28.3. The van der Waals surface area contributed by atoms with E-state index < -0.39 is 6.10 Å². The summed E-state index contributed by atoms with van der Waals surface area (Å²) in [7, 11) is 4.71. The maximum atomic E-state index is 10.7. The van der Waals surface area contributed by atoms with E-state index in [2.05, 4.69) is 5.32 Å². The van der Waals surface area contributed by atoms with E-state index in [0.717, 1.165) is 30.5 Å². The fourth-order valence-corrected chi connectivity index (χ4v) is 4.85. The highest BCUT2D eigenvalue weighted by Gasteiger charge is 2.31. The van der Waals surface area contributed by atoms with Gasteiger partial charge in [0.15, 0.2) is 23.0 Å². The summed E-state index contributed by atoms with van der Waals surface area (Å²) in [6.45, 7) is 3.91. The van der Waals surface area contributed by atoms with E-state index in [0.29, 0.717) is 56.1 Å². The molecule has 2 aromatic rings. The van der Waals surface area contributed by atoms with Gasteiger partial charge in [-0.1, -0.05) is 13.0 Å². The van der Waals surface area contributed by atoms with Gasteiger partial charge in [0, 0.05) is 26.2 Å². The molecule has 4 unspecified atom stereocenters. The van der Waals surface area contributed by atoms with Gasteiger partial charge in [0.25, 0.3) is 0 Å². The highest BCUT2D eigenvalue weighted by atomic mass is 16.5. The predicted octanol–water partition coefficient (Wildman–Crippen LogP) is 4.11. The molecule has 4 atom stereocenters. The third-order valence-electron chi connectivity index (χ3n) is 6.86. The molecule has 2 aromatic carbocycles. The van der Waals surface area contributed by atoms with Crippen molar-refractivity contribution in [3.8, 4) is 28.7 Å². The molecule has 1 saturated heterocycles. The van der Waals surface area contributed by atoms with Crippen LogP contribution in [0.4, 0.5) is 0 Å². The van der Waals surface area contributed by atoms with Crippen molar-refractivity contribution in [2.75, 3.05) is 41.1 Å². The van der Waals surface area contributed by atoms with Crippen molar-refractivity contribution in [2.45, 2.75) is 69.8 Å². The number of aliphatic hydroxyl groups is 1. The molecule has 0 aliphatic carbocycles. The van der Waals surface area contributed by atoms with Crippen LogP contribution in [-0.2, 0) is 15.9 Å². The fraction of sp³-hybridized carbons (Fsp3) is 0.586. The van der Waals surface area contributed by atoms with Gasteiger partial charge in [0.05, 0.1) is 32.5 Å². The standard InChI is InChI=1S/C29H43NO8/c1-5-30-21(7-6-12-34-2)18-37-28-15-20(14-27(36-4)29(28)33)25-17-22(31)16-23(38-25)10-8-19-9-11-24(32)26(13-19)35-3/h9,11,13-15,21-23,25,30-33H,5-8,10,12,16-18H2,1-4H3. The Kier molecular flexibility index (Phi) is 11.8. The van der Waals surface area contributed by atoms with Crippen molar-refractivity contribution in [1.82, 2.24) is 5.32 Å². The van der Waals surface area contributed by atoms with E-state index in [1.807, 2.05) is 19.1 Å². The number of hydrogen-bond acceptors (Lipinski definition) is 9. The molecule has 1 aliphatic heterocycles. The quantitative estimate of drug-likeness (QED) is 0.251. The number of likely N-dealkylation sites (N-methyl/N-ethyl adjacent to an activating group) is 1. The van der Waals surface area contributed by atoms with Gasteiger partial charge in [-0.05, 0) is 74.0 Å². The number of phenols is 2. The van der Waals surface area contributed by atoms with Gasteiger partial charge in [-0.2, -0.15) is 0 Å². The van der Waals surface area contributed by atoms with Crippen molar-refractivity contribution < 1.29 is 39.0 Å². The maximum absolute atomic E-state index is 10.7. The number of rotatable bonds is 15. The van der Waals surface area contributed by atoms with Crippen molar-refractivity contribution >= 4 is 0 Å². The Labute approximate surface area is 225 Å². The number of aryl methyl sites for hydroxylation is 1. The molecule has 0 bridgehead atoms. The summed E-state index contributed by atoms with van der Waals surface area (Å²) >= 11 is 0. The van der Waals surface area contributed by atoms with Crippen LogP contribution in [0.1, 0.15) is 56.3 Å². The fourth-order valence-electron chi connectivity index (χ4n) is 4.85. The normalized spacial score (nSPS) is 20.2. The maximum Gasteiger partial charge on any atom is 0.200 e. The van der Waals surface area contributed by atoms with Gasteiger partial charge in [0.2, 0.25) is 5.75 Å². The summed E-state index contributed by atoms with van der Waals surface area (Å²) in [5.41, 5.74) is 1.80. The topological polar surface area (TPSA) is 119 Å². The molecule has 1 aliphatic rings. The average Bonchev–Trinajstić information content (AvgIpc) is 2.91. The zero-order valence-electron chi connectivity index (χ0n) is 22.9. The highest BCUT2D eigenvalue weighted by Crippen LogP contribution is 2.42. The number of phenolic OH excluding ortho intramolecular Hbond substituents is 2. The summed E-state index contributed by atoms with van der Waals surface area (Å²) in [4.78, 5) is 0. The average molecular weight is 534 g/mol. The molecule has 38 heavy (non-hydrogen) atoms. The molecule has 4 N–H and O–H groups in total. The molecule has 0 spiro atoms. The van der Waals surface area contributed by atoms with Crippen LogP contribution in [0, 0.1) is 0 Å². The number of benzene rings is 2. The summed E-state index contributed by atoms with van der Waals surface area (Å²) in [6.07, 6.45) is 3.12. The van der Waals surface area contributed by atoms with Crippen molar-refractivity contribution in [1.29, 1.82) is 0 Å². The van der Waals surface area contributed by atoms with Gasteiger partial charge < -0.3 is 44.3 Å². The third-order valence-corrected chi connectivity index (χ3v) is 6.86. The Bertz CT molecular complexity index is 1000. The summed E-state index contributed by atoms with van der Waals surface area (Å²) in [5.74, 6) is 1.10. The first kappa shape index (κ1) is 29.8. The van der Waals surface area contributed by atoms with Crippen LogP contribution in [0.2, 0.25) is 0 Å². The second-order valence-corrected chi connectivity index (χ2v) is 9.69. The Hall–Kier alpha value is -2.72. The van der Waals surface area contributed by atoms with Crippen LogP contribution in [0.25, 0.3) is 0 Å². The molecule has 0 radical (unpaired) electrons. The largest absolute Gasteiger partial charge is 0.504 e. The Balaban J connectivity index is 1.70. The molecule has 0 amide bonds. The Morgan fingerprint density at radius 3 is 2.50 bits per heavy atom. The summed E-state index contributed by atoms with van der Waals surface area (Å²) in [5, 5.41) is 34.6. The third kappa shape index (κ3) is 8.39. The molecule has 0 saturated carbocycles. The van der Waals surface area contributed by atoms with E-state index in [4.69, 9.17) is 23.7 Å². The second-order valence-electron chi connectivity index (χ2n) is 9.69. The molecule has 9 nitrogen and oxygen atoms in total. The number of nitrogens with one attached hydrogen (secondary N) is 1. The lowest BCUT2D eigenvalue weighted by atomic mass is 9.93. The minimum absolute atomic E-state index is 0.0578. The van der Waals surface area contributed by atoms with Crippen molar-refractivity contribution in [2.24, 2.45) is 0 Å². The van der Waals surface area contributed by atoms with E-state index in [-0.39, 0.29) is 29.7 Å². The molecule has 9 heteroatoms. The number of aliphatic hydroxyl groups excluding tert-OH is 1. The number of ether oxygens (including phenoxy) is 5. The molecular weight excluding hydrogens is 490 g/mol. The van der Waals surface area contributed by atoms with E-state index in [1.165, 1.54) is 14.2 Å². The Morgan fingerprint density at radius 2 is 1.79 bits per heavy atom. The van der Waals surface area contributed by atoms with Crippen molar-refractivity contribution in [3.05, 3.63) is 41.5 Å². The first-order valence-corrected chi connectivity index (χ1v) is 13.3. The number of methoxy groups -OCH3 is 3. The Morgan fingerprint density at radius 1 is 1.03 bits per heavy atom. The SMILES string of the molecule is CCNC(CCCOC)COc1cc(C2CC(O)CC(CCc3ccc(O)c(OC)c3)O2)cc(OC)c1O. The molecular formula is C29H43NO8. The number of hydrogen-bond donors (Lipinski definition) is 4. The minimum Gasteiger partial charge on any atom is -0.504 e. The van der Waals surface area contributed by atoms with Crippen molar-refractivity contribution in [3.63, 3.8) is 0 Å². The highest BCUT2D eigenvalue weighted by molar-refractivity contribution is 5.53. The van der Waals surface area contributed by atoms with Gasteiger partial charge in [-0.25, -0.2) is 0 Å². The minimum atomic E-state index is -0.517. The predicted molar refractivity (Wildman–Crippen MR) is 145 cm³/mol. The van der Waals surface area contributed by atoms with Crippen LogP contribution in [0.3, 0.4) is 0 Å². The molecule has 212 valence electrons. The van der Waals surface area contributed by atoms with Crippen LogP contribution in [0.15, 0.2) is 30.3 Å². The van der Waals surface area contributed by atoms with Gasteiger partial charge in [-0.15, -0.1) is 0 Å². The van der Waals surface area contributed by atoms with E-state index in [1.54, 1.807) is 25.3 Å². The second kappa shape index (κ2) is 15.0. The lowest BCUT2D eigenvalue weighted by Gasteiger charge is -2.34. The molecule has 1 fully saturated rings. The van der Waals surface area contributed by atoms with E-state index in [9.17, 15) is 15.3 Å². The molecule has 3 rings (SSSR count). The van der Waals surface area contributed by atoms with Crippen LogP contribution in [0.5, 0.6) is 28.7 Å². The lowest BCUT2D eigenvalue weighted by Crippen LogP contribution is -2.34. The van der Waals surface area contributed by atoms with Gasteiger partial charge in [0.1, 0.15) is 6.61 Å². The van der Waals surface area contributed by atoms with Gasteiger partial charge in [-0.3, -0.25) is 0 Å². The molecule has 0 aromatic heterocycles. The smallest absolute Gasteiger partial charge is 0.200 e. The summed E-state index contributed by atoms with van der Waals surface area (Å²) in [6, 6.07) is 8.93. The van der Waals surface area contributed by atoms with Crippen LogP contribution in [-0.4, -0.2) is 74.7 Å². The lowest BCUT2D eigenvalue weighted by molar-refractivity contribution is -0.0999. The zero-order chi connectivity index (χ0) is 27.5. The monoisotopic (exact) mass is 533 g/mol. The first-order chi connectivity index (χ1) is 18.4. The van der Waals surface area contributed by atoms with Crippen LogP contribution >= 0.6 is 0 Å². The molecule has 1 heterocycles. The zero-order valence-corrected chi connectivity index (χ0v) is 22.9. The first-order valence-electron chi connectivity index (χ1n) is 13.3.